The first kappa shape index (κ1) is 17.4. The lowest BCUT2D eigenvalue weighted by Gasteiger charge is -2.11. The SMILES string of the molecule is COc1cc(I)c(Cl)cc1C(=O)Nc1cccc(NC(N)=O)c1. The average Bonchev–Trinajstić information content (AvgIpc) is 2.49. The normalized spacial score (nSPS) is 10.0. The number of nitrogens with two attached hydrogens (primary N) is 1. The summed E-state index contributed by atoms with van der Waals surface area (Å²) in [7, 11) is 1.48. The molecule has 4 N–H and O–H groups in total. The van der Waals surface area contributed by atoms with E-state index < -0.39 is 6.03 Å². The molecule has 0 radical (unpaired) electrons. The molecule has 0 heterocycles. The molecule has 23 heavy (non-hydrogen) atoms. The first-order valence-electron chi connectivity index (χ1n) is 6.41. The molecule has 0 saturated carbocycles. The van der Waals surface area contributed by atoms with Gasteiger partial charge in [-0.1, -0.05) is 17.7 Å². The third kappa shape index (κ3) is 4.49. The van der Waals surface area contributed by atoms with E-state index in [1.165, 1.54) is 7.11 Å². The average molecular weight is 446 g/mol. The second kappa shape index (κ2) is 7.51. The Kier molecular flexibility index (Phi) is 5.67. The Balaban J connectivity index is 2.26. The highest BCUT2D eigenvalue weighted by atomic mass is 127. The summed E-state index contributed by atoms with van der Waals surface area (Å²) in [6.07, 6.45) is 0. The van der Waals surface area contributed by atoms with Gasteiger partial charge in [0.2, 0.25) is 0 Å². The number of rotatable bonds is 4. The van der Waals surface area contributed by atoms with Gasteiger partial charge in [0, 0.05) is 14.9 Å². The largest absolute Gasteiger partial charge is 0.496 e. The second-order valence-electron chi connectivity index (χ2n) is 4.49. The zero-order valence-electron chi connectivity index (χ0n) is 12.0. The molecule has 3 amide bonds. The van der Waals surface area contributed by atoms with E-state index in [4.69, 9.17) is 22.1 Å². The highest BCUT2D eigenvalue weighted by Crippen LogP contribution is 2.29. The van der Waals surface area contributed by atoms with E-state index in [-0.39, 0.29) is 5.91 Å². The number of benzene rings is 2. The first-order valence-corrected chi connectivity index (χ1v) is 7.87. The number of anilines is 2. The van der Waals surface area contributed by atoms with Crippen molar-refractivity contribution < 1.29 is 14.3 Å². The Morgan fingerprint density at radius 1 is 1.17 bits per heavy atom. The lowest BCUT2D eigenvalue weighted by Crippen LogP contribution is -2.19. The van der Waals surface area contributed by atoms with Crippen molar-refractivity contribution in [2.45, 2.75) is 0 Å². The molecule has 2 rings (SSSR count). The van der Waals surface area contributed by atoms with E-state index in [9.17, 15) is 9.59 Å². The van der Waals surface area contributed by atoms with Crippen molar-refractivity contribution in [3.05, 3.63) is 50.6 Å². The van der Waals surface area contributed by atoms with Crippen LogP contribution in [0.4, 0.5) is 16.2 Å². The van der Waals surface area contributed by atoms with Crippen LogP contribution in [0.3, 0.4) is 0 Å². The smallest absolute Gasteiger partial charge is 0.316 e. The molecule has 0 fully saturated rings. The van der Waals surface area contributed by atoms with Crippen molar-refractivity contribution in [1.82, 2.24) is 0 Å². The van der Waals surface area contributed by atoms with Crippen molar-refractivity contribution in [3.63, 3.8) is 0 Å². The highest BCUT2D eigenvalue weighted by Gasteiger charge is 2.15. The molecule has 0 aliphatic rings. The van der Waals surface area contributed by atoms with E-state index in [0.29, 0.717) is 27.7 Å². The molecule has 2 aromatic rings. The Bertz CT molecular complexity index is 768. The number of halogens is 2. The summed E-state index contributed by atoms with van der Waals surface area (Å²) >= 11 is 8.12. The van der Waals surface area contributed by atoms with Gasteiger partial charge in [-0.3, -0.25) is 4.79 Å². The summed E-state index contributed by atoms with van der Waals surface area (Å²) in [4.78, 5) is 23.3. The third-order valence-corrected chi connectivity index (χ3v) is 4.40. The number of amides is 3. The summed E-state index contributed by atoms with van der Waals surface area (Å²) < 4.78 is 6.00. The van der Waals surface area contributed by atoms with Crippen LogP contribution in [0.15, 0.2) is 36.4 Å². The number of methoxy groups -OCH3 is 1. The standard InChI is InChI=1S/C15H13ClIN3O3/c1-23-13-7-12(17)11(16)6-10(13)14(21)19-8-3-2-4-9(5-8)20-15(18)22/h2-7H,1H3,(H,19,21)(H3,18,20,22). The molecule has 0 atom stereocenters. The fourth-order valence-corrected chi connectivity index (χ4v) is 2.49. The number of carbonyl (C=O) groups excluding carboxylic acids is 2. The lowest BCUT2D eigenvalue weighted by atomic mass is 10.1. The number of nitrogens with one attached hydrogen (secondary N) is 2. The van der Waals surface area contributed by atoms with Gasteiger partial charge in [-0.25, -0.2) is 4.79 Å². The zero-order valence-corrected chi connectivity index (χ0v) is 14.9. The number of ether oxygens (including phenoxy) is 1. The summed E-state index contributed by atoms with van der Waals surface area (Å²) in [6, 6.07) is 9.15. The molecule has 0 aromatic heterocycles. The van der Waals surface area contributed by atoms with E-state index in [0.717, 1.165) is 3.57 Å². The Labute approximate surface area is 151 Å². The van der Waals surface area contributed by atoms with Crippen LogP contribution < -0.4 is 21.1 Å². The second-order valence-corrected chi connectivity index (χ2v) is 6.06. The lowest BCUT2D eigenvalue weighted by molar-refractivity contribution is 0.102. The summed E-state index contributed by atoms with van der Waals surface area (Å²) in [5, 5.41) is 5.62. The number of hydrogen-bond acceptors (Lipinski definition) is 3. The number of carbonyl (C=O) groups is 2. The van der Waals surface area contributed by atoms with Crippen molar-refractivity contribution in [2.75, 3.05) is 17.7 Å². The summed E-state index contributed by atoms with van der Waals surface area (Å²) in [6.45, 7) is 0. The predicted octanol–water partition coefficient (Wildman–Crippen LogP) is 3.70. The fourth-order valence-electron chi connectivity index (χ4n) is 1.89. The van der Waals surface area contributed by atoms with E-state index >= 15 is 0 Å². The molecule has 0 bridgehead atoms. The van der Waals surface area contributed by atoms with Crippen molar-refractivity contribution in [3.8, 4) is 5.75 Å². The van der Waals surface area contributed by atoms with Crippen LogP contribution in [-0.4, -0.2) is 19.0 Å². The van der Waals surface area contributed by atoms with E-state index in [1.54, 1.807) is 36.4 Å². The van der Waals surface area contributed by atoms with Gasteiger partial charge in [-0.15, -0.1) is 0 Å². The van der Waals surface area contributed by atoms with Gasteiger partial charge in [-0.05, 0) is 52.9 Å². The van der Waals surface area contributed by atoms with Crippen LogP contribution in [-0.2, 0) is 0 Å². The van der Waals surface area contributed by atoms with Gasteiger partial charge < -0.3 is 21.1 Å². The number of hydrogen-bond donors (Lipinski definition) is 3. The number of primary amides is 1. The first-order chi connectivity index (χ1) is 10.9. The molecular formula is C15H13ClIN3O3. The maximum atomic E-state index is 12.4. The molecule has 6 nitrogen and oxygen atoms in total. The van der Waals surface area contributed by atoms with Gasteiger partial charge in [0.1, 0.15) is 5.75 Å². The molecule has 2 aromatic carbocycles. The monoisotopic (exact) mass is 445 g/mol. The predicted molar refractivity (Wildman–Crippen MR) is 98.3 cm³/mol. The van der Waals surface area contributed by atoms with Crippen molar-refractivity contribution in [1.29, 1.82) is 0 Å². The molecule has 0 aliphatic carbocycles. The molecule has 0 spiro atoms. The minimum atomic E-state index is -0.681. The molecule has 120 valence electrons. The van der Waals surface area contributed by atoms with Crippen LogP contribution in [0.5, 0.6) is 5.75 Å². The molecule has 0 saturated heterocycles. The van der Waals surface area contributed by atoms with Crippen LogP contribution in [0.2, 0.25) is 5.02 Å². The van der Waals surface area contributed by atoms with Crippen molar-refractivity contribution in [2.24, 2.45) is 5.73 Å². The van der Waals surface area contributed by atoms with E-state index in [1.807, 2.05) is 0 Å². The van der Waals surface area contributed by atoms with Gasteiger partial charge in [-0.2, -0.15) is 0 Å². The zero-order chi connectivity index (χ0) is 17.0. The molecule has 0 unspecified atom stereocenters. The third-order valence-electron chi connectivity index (χ3n) is 2.88. The molecule has 0 aliphatic heterocycles. The van der Waals surface area contributed by atoms with Crippen LogP contribution in [0.25, 0.3) is 0 Å². The van der Waals surface area contributed by atoms with Gasteiger partial charge in [0.05, 0.1) is 17.7 Å². The summed E-state index contributed by atoms with van der Waals surface area (Å²) in [5.74, 6) is 0.0408. The fraction of sp³-hybridized carbons (Fsp3) is 0.0667. The van der Waals surface area contributed by atoms with Gasteiger partial charge in [0.15, 0.2) is 0 Å². The van der Waals surface area contributed by atoms with Crippen LogP contribution >= 0.6 is 34.2 Å². The maximum Gasteiger partial charge on any atom is 0.316 e. The van der Waals surface area contributed by atoms with Crippen LogP contribution in [0.1, 0.15) is 10.4 Å². The van der Waals surface area contributed by atoms with E-state index in [2.05, 4.69) is 33.2 Å². The minimum Gasteiger partial charge on any atom is -0.496 e. The minimum absolute atomic E-state index is 0.311. The highest BCUT2D eigenvalue weighted by molar-refractivity contribution is 14.1. The Morgan fingerprint density at radius 2 is 1.83 bits per heavy atom. The van der Waals surface area contributed by atoms with Crippen LogP contribution in [0, 0.1) is 3.57 Å². The van der Waals surface area contributed by atoms with Crippen molar-refractivity contribution >= 4 is 57.5 Å². The van der Waals surface area contributed by atoms with Gasteiger partial charge >= 0.3 is 6.03 Å². The maximum absolute atomic E-state index is 12.4. The molecule has 8 heteroatoms. The molecular weight excluding hydrogens is 433 g/mol. The quantitative estimate of drug-likeness (QED) is 0.627. The van der Waals surface area contributed by atoms with Gasteiger partial charge in [0.25, 0.3) is 5.91 Å². The topological polar surface area (TPSA) is 93.4 Å². The summed E-state index contributed by atoms with van der Waals surface area (Å²) in [5.41, 5.74) is 6.35. The Hall–Kier alpha value is -2.00. The Morgan fingerprint density at radius 3 is 2.43 bits per heavy atom. The number of urea groups is 1.